The van der Waals surface area contributed by atoms with Crippen LogP contribution in [0.15, 0.2) is 58.8 Å². The summed E-state index contributed by atoms with van der Waals surface area (Å²) >= 11 is 1.33. The normalized spacial score (nSPS) is 11.2. The van der Waals surface area contributed by atoms with Crippen LogP contribution in [0.5, 0.6) is 0 Å². The van der Waals surface area contributed by atoms with Gasteiger partial charge >= 0.3 is 0 Å². The highest BCUT2D eigenvalue weighted by Crippen LogP contribution is 2.21. The molecule has 3 rings (SSSR count). The van der Waals surface area contributed by atoms with Crippen molar-refractivity contribution in [2.24, 2.45) is 0 Å². The van der Waals surface area contributed by atoms with Gasteiger partial charge in [0.05, 0.1) is 9.77 Å². The minimum absolute atomic E-state index is 0.213. The lowest BCUT2D eigenvalue weighted by atomic mass is 10.2. The van der Waals surface area contributed by atoms with Crippen LogP contribution in [-0.2, 0) is 10.0 Å². The molecule has 1 amide bonds. The number of sulfonamides is 1. The molecule has 2 N–H and O–H groups in total. The van der Waals surface area contributed by atoms with Crippen molar-refractivity contribution in [1.82, 2.24) is 0 Å². The molecule has 0 fully saturated rings. The Morgan fingerprint density at radius 1 is 0.963 bits per heavy atom. The van der Waals surface area contributed by atoms with Crippen molar-refractivity contribution in [3.05, 3.63) is 76.0 Å². The summed E-state index contributed by atoms with van der Waals surface area (Å²) in [4.78, 5) is 12.4. The van der Waals surface area contributed by atoms with Crippen molar-refractivity contribution in [3.63, 3.8) is 0 Å². The monoisotopic (exact) mass is 408 g/mol. The quantitative estimate of drug-likeness (QED) is 0.658. The van der Waals surface area contributed by atoms with E-state index in [1.807, 2.05) is 18.4 Å². The van der Waals surface area contributed by atoms with E-state index in [1.165, 1.54) is 35.6 Å². The third-order valence-electron chi connectivity index (χ3n) is 3.66. The number of nitrogens with one attached hydrogen (secondary N) is 2. The lowest BCUT2D eigenvalue weighted by molar-refractivity contribution is 0.103. The molecule has 0 radical (unpaired) electrons. The fraction of sp³-hybridized carbons (Fsp3) is 0.0556. The zero-order valence-electron chi connectivity index (χ0n) is 14.0. The molecule has 1 aromatic heterocycles. The summed E-state index contributed by atoms with van der Waals surface area (Å²) in [5.41, 5.74) is 1.57. The SMILES string of the molecule is Cc1ccsc1C(=O)Nc1ccc(NS(=O)(=O)c2ccc(F)c(F)c2)cc1. The zero-order valence-corrected chi connectivity index (χ0v) is 15.6. The van der Waals surface area contributed by atoms with E-state index in [-0.39, 0.29) is 11.6 Å². The number of carbonyl (C=O) groups excluding carboxylic acids is 1. The number of carbonyl (C=O) groups is 1. The van der Waals surface area contributed by atoms with Gasteiger partial charge in [-0.1, -0.05) is 0 Å². The number of aryl methyl sites for hydroxylation is 1. The highest BCUT2D eigenvalue weighted by molar-refractivity contribution is 7.92. The molecule has 3 aromatic rings. The summed E-state index contributed by atoms with van der Waals surface area (Å²) in [7, 11) is -4.07. The second kappa shape index (κ2) is 7.45. The average molecular weight is 408 g/mol. The molecule has 2 aromatic carbocycles. The molecule has 0 spiro atoms. The van der Waals surface area contributed by atoms with Gasteiger partial charge in [0.15, 0.2) is 11.6 Å². The Morgan fingerprint density at radius 3 is 2.22 bits per heavy atom. The fourth-order valence-corrected chi connectivity index (χ4v) is 4.16. The van der Waals surface area contributed by atoms with Crippen molar-refractivity contribution < 1.29 is 22.0 Å². The minimum Gasteiger partial charge on any atom is -0.321 e. The summed E-state index contributed by atoms with van der Waals surface area (Å²) in [5.74, 6) is -2.63. The maximum absolute atomic E-state index is 13.3. The molecule has 0 saturated heterocycles. The summed E-state index contributed by atoms with van der Waals surface area (Å²) in [6.07, 6.45) is 0. The van der Waals surface area contributed by atoms with Crippen LogP contribution < -0.4 is 10.0 Å². The molecule has 27 heavy (non-hydrogen) atoms. The van der Waals surface area contributed by atoms with Crippen molar-refractivity contribution in [1.29, 1.82) is 0 Å². The standard InChI is InChI=1S/C18H14F2N2O3S2/c1-11-8-9-26-17(11)18(23)21-12-2-4-13(5-3-12)22-27(24,25)14-6-7-15(19)16(20)10-14/h2-10,22H,1H3,(H,21,23). The molecular weight excluding hydrogens is 394 g/mol. The number of rotatable bonds is 5. The van der Waals surface area contributed by atoms with Crippen LogP contribution in [0.2, 0.25) is 0 Å². The first-order valence-corrected chi connectivity index (χ1v) is 10.1. The summed E-state index contributed by atoms with van der Waals surface area (Å²) in [6.45, 7) is 1.83. The van der Waals surface area contributed by atoms with Gasteiger partial charge in [-0.05, 0) is 66.4 Å². The van der Waals surface area contributed by atoms with E-state index in [0.717, 1.165) is 17.7 Å². The number of amides is 1. The third kappa shape index (κ3) is 4.32. The predicted octanol–water partition coefficient (Wildman–Crippen LogP) is 4.39. The van der Waals surface area contributed by atoms with Crippen LogP contribution in [-0.4, -0.2) is 14.3 Å². The summed E-state index contributed by atoms with van der Waals surface area (Å²) in [6, 6.07) is 10.1. The molecule has 0 aliphatic carbocycles. The van der Waals surface area contributed by atoms with Gasteiger partial charge in [0.1, 0.15) is 0 Å². The second-order valence-corrected chi connectivity index (χ2v) is 8.24. The number of thiophene rings is 1. The smallest absolute Gasteiger partial charge is 0.265 e. The summed E-state index contributed by atoms with van der Waals surface area (Å²) < 4.78 is 53.0. The molecule has 0 saturated carbocycles. The molecule has 5 nitrogen and oxygen atoms in total. The lowest BCUT2D eigenvalue weighted by Crippen LogP contribution is -2.14. The Morgan fingerprint density at radius 2 is 1.63 bits per heavy atom. The van der Waals surface area contributed by atoms with E-state index in [1.54, 1.807) is 0 Å². The lowest BCUT2D eigenvalue weighted by Gasteiger charge is -2.10. The molecular formula is C18H14F2N2O3S2. The summed E-state index contributed by atoms with van der Waals surface area (Å²) in [5, 5.41) is 4.54. The first-order chi connectivity index (χ1) is 12.8. The highest BCUT2D eigenvalue weighted by Gasteiger charge is 2.17. The van der Waals surface area contributed by atoms with Crippen LogP contribution in [0.1, 0.15) is 15.2 Å². The van der Waals surface area contributed by atoms with E-state index in [4.69, 9.17) is 0 Å². The van der Waals surface area contributed by atoms with Crippen molar-refractivity contribution in [2.45, 2.75) is 11.8 Å². The van der Waals surface area contributed by atoms with Gasteiger partial charge in [0, 0.05) is 11.4 Å². The van der Waals surface area contributed by atoms with Gasteiger partial charge in [0.2, 0.25) is 0 Å². The number of anilines is 2. The van der Waals surface area contributed by atoms with E-state index < -0.39 is 26.6 Å². The van der Waals surface area contributed by atoms with Crippen LogP contribution in [0.4, 0.5) is 20.2 Å². The Balaban J connectivity index is 1.72. The highest BCUT2D eigenvalue weighted by atomic mass is 32.2. The van der Waals surface area contributed by atoms with Crippen LogP contribution in [0.3, 0.4) is 0 Å². The second-order valence-electron chi connectivity index (χ2n) is 5.65. The number of halogens is 2. The molecule has 0 unspecified atom stereocenters. The maximum Gasteiger partial charge on any atom is 0.265 e. The molecule has 9 heteroatoms. The van der Waals surface area contributed by atoms with Crippen molar-refractivity contribution >= 4 is 38.6 Å². The van der Waals surface area contributed by atoms with Crippen LogP contribution in [0.25, 0.3) is 0 Å². The molecule has 0 aliphatic heterocycles. The van der Waals surface area contributed by atoms with Gasteiger partial charge in [-0.2, -0.15) is 0 Å². The van der Waals surface area contributed by atoms with Crippen LogP contribution >= 0.6 is 11.3 Å². The van der Waals surface area contributed by atoms with Gasteiger partial charge < -0.3 is 5.32 Å². The largest absolute Gasteiger partial charge is 0.321 e. The van der Waals surface area contributed by atoms with E-state index in [2.05, 4.69) is 10.0 Å². The molecule has 0 aliphatic rings. The van der Waals surface area contributed by atoms with E-state index in [9.17, 15) is 22.0 Å². The Kier molecular flexibility index (Phi) is 5.24. The number of hydrogen-bond donors (Lipinski definition) is 2. The molecule has 0 bridgehead atoms. The minimum atomic E-state index is -4.07. The van der Waals surface area contributed by atoms with Gasteiger partial charge in [-0.3, -0.25) is 9.52 Å². The Hall–Kier alpha value is -2.78. The number of benzene rings is 2. The topological polar surface area (TPSA) is 75.3 Å². The third-order valence-corrected chi connectivity index (χ3v) is 6.06. The average Bonchev–Trinajstić information content (AvgIpc) is 3.05. The molecule has 140 valence electrons. The maximum atomic E-state index is 13.3. The van der Waals surface area contributed by atoms with Crippen molar-refractivity contribution in [3.8, 4) is 0 Å². The Bertz CT molecular complexity index is 1090. The van der Waals surface area contributed by atoms with Crippen molar-refractivity contribution in [2.75, 3.05) is 10.0 Å². The zero-order chi connectivity index (χ0) is 19.6. The predicted molar refractivity (Wildman–Crippen MR) is 101 cm³/mol. The number of hydrogen-bond acceptors (Lipinski definition) is 4. The molecule has 0 atom stereocenters. The van der Waals surface area contributed by atoms with Gasteiger partial charge in [0.25, 0.3) is 15.9 Å². The van der Waals surface area contributed by atoms with Gasteiger partial charge in [-0.15, -0.1) is 11.3 Å². The van der Waals surface area contributed by atoms with E-state index in [0.29, 0.717) is 16.6 Å². The first-order valence-electron chi connectivity index (χ1n) is 7.69. The van der Waals surface area contributed by atoms with E-state index >= 15 is 0 Å². The first kappa shape index (κ1) is 19.0. The van der Waals surface area contributed by atoms with Crippen LogP contribution in [0, 0.1) is 18.6 Å². The van der Waals surface area contributed by atoms with Gasteiger partial charge in [-0.25, -0.2) is 17.2 Å². The molecule has 1 heterocycles. The fourth-order valence-electron chi connectivity index (χ4n) is 2.27. The Labute approximate surface area is 158 Å².